The van der Waals surface area contributed by atoms with E-state index in [0.717, 1.165) is 6.42 Å². The van der Waals surface area contributed by atoms with Crippen molar-refractivity contribution in [2.24, 2.45) is 5.92 Å². The summed E-state index contributed by atoms with van der Waals surface area (Å²) in [5.41, 5.74) is 0.539. The molecule has 1 N–H and O–H groups in total. The molecule has 1 saturated heterocycles. The molecule has 1 aliphatic heterocycles. The molecule has 0 aromatic heterocycles. The van der Waals surface area contributed by atoms with E-state index in [9.17, 15) is 14.4 Å². The van der Waals surface area contributed by atoms with E-state index >= 15 is 0 Å². The Hall–Kier alpha value is -2.37. The predicted octanol–water partition coefficient (Wildman–Crippen LogP) is 1.52. The molecule has 1 aliphatic rings. The minimum absolute atomic E-state index is 0.0202. The largest absolute Gasteiger partial charge is 0.343 e. The van der Waals surface area contributed by atoms with Crippen LogP contribution in [0.5, 0.6) is 0 Å². The summed E-state index contributed by atoms with van der Waals surface area (Å²) in [6.07, 6.45) is 1.31. The van der Waals surface area contributed by atoms with E-state index in [1.165, 1.54) is 0 Å². The Bertz CT molecular complexity index is 601. The first-order chi connectivity index (χ1) is 12.0. The number of benzene rings is 1. The van der Waals surface area contributed by atoms with Gasteiger partial charge >= 0.3 is 0 Å². The molecule has 3 amide bonds. The van der Waals surface area contributed by atoms with Gasteiger partial charge in [0.2, 0.25) is 11.8 Å². The van der Waals surface area contributed by atoms with Gasteiger partial charge in [-0.1, -0.05) is 32.0 Å². The zero-order valence-electron chi connectivity index (χ0n) is 15.0. The SMILES string of the molecule is CC(C)CC(=O)N1CCCN(C(=O)CNC(=O)c2ccccc2)CC1. The van der Waals surface area contributed by atoms with Crippen molar-refractivity contribution in [3.05, 3.63) is 35.9 Å². The average Bonchev–Trinajstić information content (AvgIpc) is 2.86. The summed E-state index contributed by atoms with van der Waals surface area (Å²) >= 11 is 0. The Labute approximate surface area is 149 Å². The van der Waals surface area contributed by atoms with E-state index in [1.54, 1.807) is 29.2 Å². The van der Waals surface area contributed by atoms with Crippen molar-refractivity contribution in [2.45, 2.75) is 26.7 Å². The van der Waals surface area contributed by atoms with Crippen LogP contribution in [-0.4, -0.2) is 60.2 Å². The number of nitrogens with one attached hydrogen (secondary N) is 1. The van der Waals surface area contributed by atoms with Crippen molar-refractivity contribution in [3.63, 3.8) is 0 Å². The molecule has 2 rings (SSSR count). The Morgan fingerprint density at radius 3 is 2.16 bits per heavy atom. The van der Waals surface area contributed by atoms with Crippen LogP contribution in [-0.2, 0) is 9.59 Å². The van der Waals surface area contributed by atoms with Gasteiger partial charge in [0, 0.05) is 38.2 Å². The van der Waals surface area contributed by atoms with Crippen LogP contribution in [0.3, 0.4) is 0 Å². The number of rotatable bonds is 5. The minimum atomic E-state index is -0.252. The van der Waals surface area contributed by atoms with Gasteiger partial charge in [0.1, 0.15) is 0 Å². The lowest BCUT2D eigenvalue weighted by atomic mass is 10.1. The summed E-state index contributed by atoms with van der Waals surface area (Å²) in [5.74, 6) is 0.128. The first-order valence-corrected chi connectivity index (χ1v) is 8.86. The van der Waals surface area contributed by atoms with E-state index in [1.807, 2.05) is 24.8 Å². The van der Waals surface area contributed by atoms with Crippen LogP contribution >= 0.6 is 0 Å². The van der Waals surface area contributed by atoms with Gasteiger partial charge in [-0.25, -0.2) is 0 Å². The van der Waals surface area contributed by atoms with Crippen LogP contribution in [0.25, 0.3) is 0 Å². The molecule has 0 bridgehead atoms. The van der Waals surface area contributed by atoms with Crippen molar-refractivity contribution < 1.29 is 14.4 Å². The number of hydrogen-bond donors (Lipinski definition) is 1. The Morgan fingerprint density at radius 2 is 1.56 bits per heavy atom. The molecule has 6 nitrogen and oxygen atoms in total. The lowest BCUT2D eigenvalue weighted by Crippen LogP contribution is -2.42. The second kappa shape index (κ2) is 9.20. The highest BCUT2D eigenvalue weighted by molar-refractivity contribution is 5.96. The molecule has 0 aliphatic carbocycles. The highest BCUT2D eigenvalue weighted by Gasteiger charge is 2.22. The fraction of sp³-hybridized carbons (Fsp3) is 0.526. The van der Waals surface area contributed by atoms with Gasteiger partial charge in [0.05, 0.1) is 6.54 Å². The van der Waals surface area contributed by atoms with Crippen molar-refractivity contribution in [3.8, 4) is 0 Å². The topological polar surface area (TPSA) is 69.7 Å². The maximum Gasteiger partial charge on any atom is 0.251 e. The molecule has 0 unspecified atom stereocenters. The number of carbonyl (C=O) groups excluding carboxylic acids is 3. The number of nitrogens with zero attached hydrogens (tertiary/aromatic N) is 2. The molecule has 0 atom stereocenters. The highest BCUT2D eigenvalue weighted by atomic mass is 16.2. The first-order valence-electron chi connectivity index (χ1n) is 8.86. The van der Waals surface area contributed by atoms with Crippen LogP contribution in [0, 0.1) is 5.92 Å². The standard InChI is InChI=1S/C19H27N3O3/c1-15(2)13-17(23)21-9-6-10-22(12-11-21)18(24)14-20-19(25)16-7-4-3-5-8-16/h3-5,7-8,15H,6,9-14H2,1-2H3,(H,20,25). The first kappa shape index (κ1) is 19.0. The van der Waals surface area contributed by atoms with Crippen LogP contribution in [0.4, 0.5) is 0 Å². The maximum absolute atomic E-state index is 12.3. The van der Waals surface area contributed by atoms with Crippen molar-refractivity contribution in [1.29, 1.82) is 0 Å². The number of carbonyl (C=O) groups is 3. The van der Waals surface area contributed by atoms with Crippen LogP contribution in [0.15, 0.2) is 30.3 Å². The maximum atomic E-state index is 12.3. The van der Waals surface area contributed by atoms with E-state index in [0.29, 0.717) is 44.1 Å². The third-order valence-corrected chi connectivity index (χ3v) is 4.22. The molecule has 0 saturated carbocycles. The zero-order chi connectivity index (χ0) is 18.2. The lowest BCUT2D eigenvalue weighted by molar-refractivity contribution is -0.133. The second-order valence-corrected chi connectivity index (χ2v) is 6.76. The smallest absolute Gasteiger partial charge is 0.251 e. The van der Waals surface area contributed by atoms with Gasteiger partial charge in [0.15, 0.2) is 0 Å². The van der Waals surface area contributed by atoms with Gasteiger partial charge in [-0.05, 0) is 24.5 Å². The van der Waals surface area contributed by atoms with Gasteiger partial charge in [-0.15, -0.1) is 0 Å². The average molecular weight is 345 g/mol. The Morgan fingerprint density at radius 1 is 0.960 bits per heavy atom. The molecule has 1 aromatic rings. The van der Waals surface area contributed by atoms with Gasteiger partial charge < -0.3 is 15.1 Å². The number of hydrogen-bond acceptors (Lipinski definition) is 3. The fourth-order valence-electron chi connectivity index (χ4n) is 2.85. The summed E-state index contributed by atoms with van der Waals surface area (Å²) < 4.78 is 0. The summed E-state index contributed by atoms with van der Waals surface area (Å²) in [5, 5.41) is 2.67. The molecule has 1 aromatic carbocycles. The molecule has 1 heterocycles. The lowest BCUT2D eigenvalue weighted by Gasteiger charge is -2.23. The summed E-state index contributed by atoms with van der Waals surface area (Å²) in [4.78, 5) is 40.1. The highest BCUT2D eigenvalue weighted by Crippen LogP contribution is 2.09. The summed E-state index contributed by atoms with van der Waals surface area (Å²) in [7, 11) is 0. The molecule has 6 heteroatoms. The monoisotopic (exact) mass is 345 g/mol. The quantitative estimate of drug-likeness (QED) is 0.880. The third kappa shape index (κ3) is 5.89. The zero-order valence-corrected chi connectivity index (χ0v) is 15.0. The van der Waals surface area contributed by atoms with Crippen LogP contribution in [0.2, 0.25) is 0 Å². The van der Waals surface area contributed by atoms with Crippen LogP contribution < -0.4 is 5.32 Å². The molecule has 25 heavy (non-hydrogen) atoms. The molecule has 136 valence electrons. The van der Waals surface area contributed by atoms with Crippen molar-refractivity contribution >= 4 is 17.7 Å². The summed E-state index contributed by atoms with van der Waals surface area (Å²) in [6.45, 7) is 6.42. The van der Waals surface area contributed by atoms with E-state index < -0.39 is 0 Å². The van der Waals surface area contributed by atoms with E-state index in [4.69, 9.17) is 0 Å². The number of amides is 3. The Balaban J connectivity index is 1.80. The molecular formula is C19H27N3O3. The summed E-state index contributed by atoms with van der Waals surface area (Å²) in [6, 6.07) is 8.84. The molecule has 0 radical (unpaired) electrons. The molecule has 1 fully saturated rings. The van der Waals surface area contributed by atoms with Crippen LogP contribution in [0.1, 0.15) is 37.0 Å². The van der Waals surface area contributed by atoms with Crippen molar-refractivity contribution in [2.75, 3.05) is 32.7 Å². The fourth-order valence-corrected chi connectivity index (χ4v) is 2.85. The second-order valence-electron chi connectivity index (χ2n) is 6.76. The molecule has 0 spiro atoms. The predicted molar refractivity (Wildman–Crippen MR) is 96.0 cm³/mol. The van der Waals surface area contributed by atoms with Gasteiger partial charge in [0.25, 0.3) is 5.91 Å². The van der Waals surface area contributed by atoms with Gasteiger partial charge in [-0.3, -0.25) is 14.4 Å². The normalized spacial score (nSPS) is 15.0. The van der Waals surface area contributed by atoms with Crippen molar-refractivity contribution in [1.82, 2.24) is 15.1 Å². The molecular weight excluding hydrogens is 318 g/mol. The minimum Gasteiger partial charge on any atom is -0.343 e. The van der Waals surface area contributed by atoms with E-state index in [-0.39, 0.29) is 24.3 Å². The Kier molecular flexibility index (Phi) is 6.98. The third-order valence-electron chi connectivity index (χ3n) is 4.22. The van der Waals surface area contributed by atoms with E-state index in [2.05, 4.69) is 5.32 Å². The van der Waals surface area contributed by atoms with Gasteiger partial charge in [-0.2, -0.15) is 0 Å².